The Morgan fingerprint density at radius 3 is 2.19 bits per heavy atom. The van der Waals surface area contributed by atoms with Crippen LogP contribution >= 0.6 is 11.3 Å². The molecule has 0 unspecified atom stereocenters. The summed E-state index contributed by atoms with van der Waals surface area (Å²) < 4.78 is 9.42. The minimum atomic E-state index is -2.05. The molecule has 0 aliphatic carbocycles. The Bertz CT molecular complexity index is 3080. The Morgan fingerprint density at radius 1 is 0.519 bits per heavy atom. The van der Waals surface area contributed by atoms with E-state index in [9.17, 15) is 0 Å². The van der Waals surface area contributed by atoms with E-state index < -0.39 is 8.07 Å². The molecule has 0 N–H and O–H groups in total. The van der Waals surface area contributed by atoms with E-state index in [0.29, 0.717) is 0 Å². The van der Waals surface area contributed by atoms with Gasteiger partial charge in [0, 0.05) is 42.3 Å². The van der Waals surface area contributed by atoms with Crippen molar-refractivity contribution in [3.63, 3.8) is 0 Å². The average molecular weight is 700 g/mol. The number of nitrogens with zero attached hydrogens (tertiary/aromatic N) is 1. The largest absolute Gasteiger partial charge is 0.454 e. The van der Waals surface area contributed by atoms with Crippen LogP contribution in [0, 0.1) is 0 Å². The molecule has 0 fully saturated rings. The molecule has 4 heteroatoms. The van der Waals surface area contributed by atoms with E-state index in [1.807, 2.05) is 17.4 Å². The molecule has 0 atom stereocenters. The topological polar surface area (TPSA) is 16.4 Å². The van der Waals surface area contributed by atoms with Gasteiger partial charge in [-0.1, -0.05) is 122 Å². The molecule has 52 heavy (non-hydrogen) atoms. The van der Waals surface area contributed by atoms with E-state index in [1.54, 1.807) is 0 Å². The van der Waals surface area contributed by atoms with E-state index in [4.69, 9.17) is 4.42 Å². The highest BCUT2D eigenvalue weighted by Gasteiger charge is 2.39. The first-order valence-electron chi connectivity index (χ1n) is 17.9. The lowest BCUT2D eigenvalue weighted by Gasteiger charge is -2.28. The van der Waals surface area contributed by atoms with E-state index in [1.165, 1.54) is 63.6 Å². The highest BCUT2D eigenvalue weighted by molar-refractivity contribution is 7.26. The molecule has 11 rings (SSSR count). The van der Waals surface area contributed by atoms with Crippen LogP contribution in [0.5, 0.6) is 0 Å². The van der Waals surface area contributed by atoms with Crippen LogP contribution in [0.4, 0.5) is 17.1 Å². The maximum Gasteiger partial charge on any atom is 0.159 e. The summed E-state index contributed by atoms with van der Waals surface area (Å²) >= 11 is 1.90. The summed E-state index contributed by atoms with van der Waals surface area (Å²) in [7, 11) is -2.05. The quantitative estimate of drug-likeness (QED) is 0.170. The summed E-state index contributed by atoms with van der Waals surface area (Å²) in [6.07, 6.45) is 0. The van der Waals surface area contributed by atoms with Gasteiger partial charge in [0.1, 0.15) is 13.7 Å². The van der Waals surface area contributed by atoms with Gasteiger partial charge < -0.3 is 9.32 Å². The zero-order valence-corrected chi connectivity index (χ0v) is 30.7. The molecular formula is C48H33NOSSi. The fourth-order valence-corrected chi connectivity index (χ4v) is 12.9. The van der Waals surface area contributed by atoms with E-state index in [2.05, 4.69) is 176 Å². The van der Waals surface area contributed by atoms with E-state index in [-0.39, 0.29) is 0 Å². The molecule has 8 aromatic carbocycles. The van der Waals surface area contributed by atoms with Crippen LogP contribution in [-0.2, 0) is 0 Å². The fraction of sp³-hybridized carbons (Fsp3) is 0.0417. The first kappa shape index (κ1) is 29.8. The van der Waals surface area contributed by atoms with Gasteiger partial charge in [0.15, 0.2) is 5.58 Å². The number of hydrogen-bond acceptors (Lipinski definition) is 3. The summed E-state index contributed by atoms with van der Waals surface area (Å²) in [5, 5.41) is 10.5. The number of thiophene rings is 1. The van der Waals surface area contributed by atoms with Crippen LogP contribution in [0.2, 0.25) is 13.1 Å². The highest BCUT2D eigenvalue weighted by atomic mass is 32.1. The van der Waals surface area contributed by atoms with Gasteiger partial charge in [-0.15, -0.1) is 11.3 Å². The maximum absolute atomic E-state index is 6.70. The Morgan fingerprint density at radius 2 is 1.27 bits per heavy atom. The van der Waals surface area contributed by atoms with Crippen molar-refractivity contribution in [2.75, 3.05) is 4.90 Å². The fourth-order valence-electron chi connectivity index (χ4n) is 8.70. The predicted octanol–water partition coefficient (Wildman–Crippen LogP) is 13.0. The monoisotopic (exact) mass is 699 g/mol. The number of anilines is 3. The molecule has 2 nitrogen and oxygen atoms in total. The molecule has 3 heterocycles. The number of furan rings is 1. The van der Waals surface area contributed by atoms with Gasteiger partial charge in [-0.3, -0.25) is 0 Å². The highest BCUT2D eigenvalue weighted by Crippen LogP contribution is 2.46. The van der Waals surface area contributed by atoms with E-state index >= 15 is 0 Å². The molecule has 10 aromatic rings. The number of benzene rings is 8. The Hall–Kier alpha value is -5.94. The zero-order chi connectivity index (χ0) is 34.6. The van der Waals surface area contributed by atoms with Gasteiger partial charge in [0.25, 0.3) is 0 Å². The van der Waals surface area contributed by atoms with Crippen molar-refractivity contribution in [1.29, 1.82) is 0 Å². The van der Waals surface area contributed by atoms with Crippen LogP contribution < -0.4 is 15.3 Å². The first-order valence-corrected chi connectivity index (χ1v) is 21.7. The molecule has 0 spiro atoms. The van der Waals surface area contributed by atoms with Crippen molar-refractivity contribution in [3.05, 3.63) is 164 Å². The zero-order valence-electron chi connectivity index (χ0n) is 28.9. The van der Waals surface area contributed by atoms with Gasteiger partial charge in [0.2, 0.25) is 0 Å². The standard InChI is InChI=1S/C48H33NOSSi/c1-52(2)44-26-25-43-46(38-16-6-8-20-42(38)51-43)47(44)39-24-23-35(29-45(39)52)49(40-18-10-17-37-36-15-5-7-19-41(36)50-48(37)40)34-14-9-13-32(28-34)33-22-21-30-11-3-4-12-31(30)27-33/h3-29H,1-2H3. The minimum Gasteiger partial charge on any atom is -0.454 e. The summed E-state index contributed by atoms with van der Waals surface area (Å²) in [4.78, 5) is 2.42. The van der Waals surface area contributed by atoms with Crippen molar-refractivity contribution < 1.29 is 4.42 Å². The summed E-state index contributed by atoms with van der Waals surface area (Å²) in [5.74, 6) is 0. The molecule has 1 aliphatic rings. The third-order valence-electron chi connectivity index (χ3n) is 11.2. The van der Waals surface area contributed by atoms with Gasteiger partial charge in [-0.25, -0.2) is 0 Å². The third kappa shape index (κ3) is 4.29. The van der Waals surface area contributed by atoms with Gasteiger partial charge in [0.05, 0.1) is 5.69 Å². The van der Waals surface area contributed by atoms with Gasteiger partial charge in [-0.05, 0) is 98.0 Å². The Kier molecular flexibility index (Phi) is 6.31. The molecule has 0 radical (unpaired) electrons. The summed E-state index contributed by atoms with van der Waals surface area (Å²) in [6, 6.07) is 60.1. The van der Waals surface area contributed by atoms with Crippen LogP contribution in [0.25, 0.3) is 75.1 Å². The second-order valence-electron chi connectivity index (χ2n) is 14.5. The van der Waals surface area contributed by atoms with Crippen LogP contribution in [0.15, 0.2) is 168 Å². The predicted molar refractivity (Wildman–Crippen MR) is 226 cm³/mol. The first-order chi connectivity index (χ1) is 25.5. The van der Waals surface area contributed by atoms with E-state index in [0.717, 1.165) is 39.0 Å². The SMILES string of the molecule is C[Si]1(C)c2cc(N(c3cccc(-c4ccc5ccccc5c4)c3)c3cccc4c3oc3ccccc34)ccc2-c2c1ccc1sc3ccccc3c21. The molecule has 246 valence electrons. The molecule has 2 aromatic heterocycles. The van der Waals surface area contributed by atoms with Crippen LogP contribution in [0.3, 0.4) is 0 Å². The lowest BCUT2D eigenvalue weighted by atomic mass is 9.98. The molecule has 0 bridgehead atoms. The maximum atomic E-state index is 6.70. The lowest BCUT2D eigenvalue weighted by molar-refractivity contribution is 0.669. The number of rotatable bonds is 4. The molecule has 1 aliphatic heterocycles. The second kappa shape index (κ2) is 11.0. The van der Waals surface area contributed by atoms with Crippen molar-refractivity contribution in [2.24, 2.45) is 0 Å². The number of hydrogen-bond donors (Lipinski definition) is 0. The average Bonchev–Trinajstić information content (AvgIpc) is 3.83. The smallest absolute Gasteiger partial charge is 0.159 e. The van der Waals surface area contributed by atoms with Crippen molar-refractivity contribution in [2.45, 2.75) is 13.1 Å². The van der Waals surface area contributed by atoms with Crippen molar-refractivity contribution in [1.82, 2.24) is 0 Å². The van der Waals surface area contributed by atoms with Crippen LogP contribution in [-0.4, -0.2) is 8.07 Å². The van der Waals surface area contributed by atoms with Gasteiger partial charge >= 0.3 is 0 Å². The van der Waals surface area contributed by atoms with Crippen molar-refractivity contribution in [3.8, 4) is 22.3 Å². The van der Waals surface area contributed by atoms with Crippen LogP contribution in [0.1, 0.15) is 0 Å². The normalized spacial score (nSPS) is 13.3. The summed E-state index contributed by atoms with van der Waals surface area (Å²) in [6.45, 7) is 5.04. The Balaban J connectivity index is 1.14. The molecular weight excluding hydrogens is 667 g/mol. The van der Waals surface area contributed by atoms with Gasteiger partial charge in [-0.2, -0.15) is 0 Å². The minimum absolute atomic E-state index is 0.895. The third-order valence-corrected chi connectivity index (χ3v) is 15.9. The molecule has 0 saturated heterocycles. The number of fused-ring (bicyclic) bond motifs is 11. The Labute approximate surface area is 306 Å². The second-order valence-corrected chi connectivity index (χ2v) is 19.9. The lowest BCUT2D eigenvalue weighted by Crippen LogP contribution is -2.49. The summed E-state index contributed by atoms with van der Waals surface area (Å²) in [5.41, 5.74) is 10.3. The molecule has 0 amide bonds. The number of para-hydroxylation sites is 2. The van der Waals surface area contributed by atoms with Crippen molar-refractivity contribution >= 4 is 99.7 Å². The molecule has 0 saturated carbocycles.